The Labute approximate surface area is 180 Å². The van der Waals surface area contributed by atoms with Crippen molar-refractivity contribution in [2.45, 2.75) is 31.6 Å². The third-order valence-corrected chi connectivity index (χ3v) is 6.67. The highest BCUT2D eigenvalue weighted by Gasteiger charge is 2.29. The molecule has 0 amide bonds. The molecule has 1 aliphatic rings. The molecule has 1 aromatic carbocycles. The number of aromatic amines is 1. The van der Waals surface area contributed by atoms with Crippen molar-refractivity contribution >= 4 is 27.3 Å². The van der Waals surface area contributed by atoms with Crippen LogP contribution in [-0.2, 0) is 12.8 Å². The van der Waals surface area contributed by atoms with Crippen LogP contribution in [0.3, 0.4) is 0 Å². The van der Waals surface area contributed by atoms with Crippen LogP contribution in [0.2, 0.25) is 0 Å². The molecule has 0 saturated carbocycles. The van der Waals surface area contributed by atoms with Crippen molar-refractivity contribution < 1.29 is 13.6 Å². The summed E-state index contributed by atoms with van der Waals surface area (Å²) in [6, 6.07) is 10.7. The lowest BCUT2D eigenvalue weighted by molar-refractivity contribution is 0.0950. The van der Waals surface area contributed by atoms with Gasteiger partial charge >= 0.3 is 0 Å². The minimum absolute atomic E-state index is 0.0170. The molecule has 3 heterocycles. The van der Waals surface area contributed by atoms with E-state index in [1.807, 2.05) is 6.07 Å². The fourth-order valence-electron chi connectivity index (χ4n) is 3.94. The van der Waals surface area contributed by atoms with Crippen molar-refractivity contribution in [3.63, 3.8) is 0 Å². The topological polar surface area (TPSA) is 99.8 Å². The van der Waals surface area contributed by atoms with E-state index in [9.17, 15) is 19.2 Å². The standard InChI is InChI=1S/C23H16FN3O3S/c24-13-7-5-12(6-8-13)16-9-10-17(30-16)20(28)15(11-25)21-26-22(29)19-14-3-1-2-4-18(14)31-23(19)27-21/h5-10,15H,1-4H2,(H,26,27,29). The lowest BCUT2D eigenvalue weighted by Gasteiger charge is -2.09. The minimum atomic E-state index is -1.30. The zero-order chi connectivity index (χ0) is 21.5. The van der Waals surface area contributed by atoms with Crippen LogP contribution >= 0.6 is 11.3 Å². The first-order valence-electron chi connectivity index (χ1n) is 9.89. The largest absolute Gasteiger partial charge is 0.453 e. The lowest BCUT2D eigenvalue weighted by Crippen LogP contribution is -2.19. The summed E-state index contributed by atoms with van der Waals surface area (Å²) in [6.07, 6.45) is 3.88. The van der Waals surface area contributed by atoms with Gasteiger partial charge in [-0.1, -0.05) is 0 Å². The Balaban J connectivity index is 1.50. The number of Topliss-reactive ketones (excluding diaryl/α,β-unsaturated/α-hetero) is 1. The van der Waals surface area contributed by atoms with Crippen LogP contribution in [0, 0.1) is 17.1 Å². The molecule has 1 N–H and O–H groups in total. The van der Waals surface area contributed by atoms with E-state index in [1.165, 1.54) is 41.7 Å². The Morgan fingerprint density at radius 1 is 1.19 bits per heavy atom. The van der Waals surface area contributed by atoms with E-state index in [0.29, 0.717) is 21.5 Å². The zero-order valence-corrected chi connectivity index (χ0v) is 17.1. The fraction of sp³-hybridized carbons (Fsp3) is 0.217. The first kappa shape index (κ1) is 19.4. The van der Waals surface area contributed by atoms with Crippen molar-refractivity contribution in [2.24, 2.45) is 0 Å². The monoisotopic (exact) mass is 433 g/mol. The van der Waals surface area contributed by atoms with E-state index in [2.05, 4.69) is 9.97 Å². The molecule has 154 valence electrons. The predicted molar refractivity (Wildman–Crippen MR) is 114 cm³/mol. The summed E-state index contributed by atoms with van der Waals surface area (Å²) in [7, 11) is 0. The van der Waals surface area contributed by atoms with Gasteiger partial charge in [0.05, 0.1) is 11.5 Å². The average molecular weight is 433 g/mol. The van der Waals surface area contributed by atoms with Gasteiger partial charge in [-0.15, -0.1) is 11.3 Å². The number of nitrogens with zero attached hydrogens (tertiary/aromatic N) is 2. The highest BCUT2D eigenvalue weighted by Crippen LogP contribution is 2.34. The Hall–Kier alpha value is -3.57. The lowest BCUT2D eigenvalue weighted by atomic mass is 9.97. The second kappa shape index (κ2) is 7.60. The van der Waals surface area contributed by atoms with E-state index >= 15 is 0 Å². The summed E-state index contributed by atoms with van der Waals surface area (Å²) >= 11 is 1.46. The fourth-order valence-corrected chi connectivity index (χ4v) is 5.21. The number of halogens is 1. The number of aryl methyl sites for hydroxylation is 2. The normalized spacial score (nSPS) is 14.2. The van der Waals surface area contributed by atoms with Gasteiger partial charge < -0.3 is 9.40 Å². The molecule has 0 fully saturated rings. The maximum atomic E-state index is 13.1. The summed E-state index contributed by atoms with van der Waals surface area (Å²) in [6.45, 7) is 0. The van der Waals surface area contributed by atoms with Crippen LogP contribution in [0.15, 0.2) is 45.6 Å². The number of thiophene rings is 1. The molecule has 6 nitrogen and oxygen atoms in total. The Morgan fingerprint density at radius 2 is 1.97 bits per heavy atom. The highest BCUT2D eigenvalue weighted by atomic mass is 32.1. The number of furan rings is 1. The number of carbonyl (C=O) groups is 1. The van der Waals surface area contributed by atoms with Crippen molar-refractivity contribution in [3.8, 4) is 17.4 Å². The maximum absolute atomic E-state index is 13.1. The Morgan fingerprint density at radius 3 is 2.74 bits per heavy atom. The SMILES string of the molecule is N#CC(C(=O)c1ccc(-c2ccc(F)cc2)o1)c1nc2sc3c(c2c(=O)[nH]1)CCCC3. The molecule has 1 atom stereocenters. The number of nitriles is 1. The van der Waals surface area contributed by atoms with Crippen LogP contribution in [0.5, 0.6) is 0 Å². The van der Waals surface area contributed by atoms with Gasteiger partial charge in [-0.05, 0) is 67.6 Å². The molecule has 0 spiro atoms. The highest BCUT2D eigenvalue weighted by molar-refractivity contribution is 7.18. The molecule has 1 aliphatic carbocycles. The summed E-state index contributed by atoms with van der Waals surface area (Å²) in [5.74, 6) is -1.91. The van der Waals surface area contributed by atoms with Gasteiger partial charge in [-0.2, -0.15) is 5.26 Å². The molecule has 1 unspecified atom stereocenters. The third-order valence-electron chi connectivity index (χ3n) is 5.49. The number of fused-ring (bicyclic) bond motifs is 3. The Kier molecular flexibility index (Phi) is 4.75. The number of nitrogens with one attached hydrogen (secondary N) is 1. The van der Waals surface area contributed by atoms with Gasteiger partial charge in [0.25, 0.3) is 5.56 Å². The number of hydrogen-bond donors (Lipinski definition) is 1. The van der Waals surface area contributed by atoms with Crippen LogP contribution < -0.4 is 5.56 Å². The van der Waals surface area contributed by atoms with E-state index in [4.69, 9.17) is 4.42 Å². The quantitative estimate of drug-likeness (QED) is 0.468. The molecule has 0 bridgehead atoms. The van der Waals surface area contributed by atoms with Crippen LogP contribution in [0.4, 0.5) is 4.39 Å². The van der Waals surface area contributed by atoms with E-state index < -0.39 is 11.7 Å². The van der Waals surface area contributed by atoms with Crippen molar-refractivity contribution in [1.29, 1.82) is 5.26 Å². The summed E-state index contributed by atoms with van der Waals surface area (Å²) in [5.41, 5.74) is 1.33. The molecule has 31 heavy (non-hydrogen) atoms. The van der Waals surface area contributed by atoms with Crippen molar-refractivity contribution in [3.05, 3.63) is 74.6 Å². The summed E-state index contributed by atoms with van der Waals surface area (Å²) < 4.78 is 18.8. The van der Waals surface area contributed by atoms with E-state index in [0.717, 1.165) is 36.1 Å². The number of ketones is 1. The molecule has 3 aromatic heterocycles. The van der Waals surface area contributed by atoms with Gasteiger partial charge in [-0.3, -0.25) is 9.59 Å². The number of carbonyl (C=O) groups excluding carboxylic acids is 1. The zero-order valence-electron chi connectivity index (χ0n) is 16.3. The second-order valence-electron chi connectivity index (χ2n) is 7.44. The molecule has 8 heteroatoms. The number of hydrogen-bond acceptors (Lipinski definition) is 6. The smallest absolute Gasteiger partial charge is 0.259 e. The van der Waals surface area contributed by atoms with Gasteiger partial charge in [0, 0.05) is 10.4 Å². The molecule has 0 radical (unpaired) electrons. The first-order chi connectivity index (χ1) is 15.0. The third kappa shape index (κ3) is 3.37. The first-order valence-corrected chi connectivity index (χ1v) is 10.7. The number of benzene rings is 1. The van der Waals surface area contributed by atoms with Crippen LogP contribution in [0.1, 0.15) is 45.6 Å². The molecular formula is C23H16FN3O3S. The number of aromatic nitrogens is 2. The molecular weight excluding hydrogens is 417 g/mol. The van der Waals surface area contributed by atoms with Gasteiger partial charge in [0.2, 0.25) is 5.78 Å². The summed E-state index contributed by atoms with van der Waals surface area (Å²) in [4.78, 5) is 34.6. The van der Waals surface area contributed by atoms with Gasteiger partial charge in [0.1, 0.15) is 22.2 Å². The van der Waals surface area contributed by atoms with Gasteiger partial charge in [0.15, 0.2) is 11.7 Å². The van der Waals surface area contributed by atoms with Crippen molar-refractivity contribution in [2.75, 3.05) is 0 Å². The van der Waals surface area contributed by atoms with Crippen LogP contribution in [-0.4, -0.2) is 15.8 Å². The second-order valence-corrected chi connectivity index (χ2v) is 8.52. The number of H-pyrrole nitrogens is 1. The molecule has 0 saturated heterocycles. The predicted octanol–water partition coefficient (Wildman–Crippen LogP) is 4.75. The maximum Gasteiger partial charge on any atom is 0.259 e. The molecule has 0 aliphatic heterocycles. The molecule has 5 rings (SSSR count). The van der Waals surface area contributed by atoms with Crippen molar-refractivity contribution in [1.82, 2.24) is 9.97 Å². The summed E-state index contributed by atoms with van der Waals surface area (Å²) in [5, 5.41) is 10.3. The molecule has 4 aromatic rings. The number of rotatable bonds is 4. The Bertz CT molecular complexity index is 1410. The van der Waals surface area contributed by atoms with E-state index in [-0.39, 0.29) is 23.0 Å². The van der Waals surface area contributed by atoms with E-state index in [1.54, 1.807) is 6.07 Å². The van der Waals surface area contributed by atoms with Gasteiger partial charge in [-0.25, -0.2) is 9.37 Å². The average Bonchev–Trinajstić information content (AvgIpc) is 3.40. The minimum Gasteiger partial charge on any atom is -0.453 e. The van der Waals surface area contributed by atoms with Crippen LogP contribution in [0.25, 0.3) is 21.5 Å².